The van der Waals surface area contributed by atoms with Gasteiger partial charge in [-0.15, -0.1) is 0 Å². The summed E-state index contributed by atoms with van der Waals surface area (Å²) in [6, 6.07) is 15.1. The van der Waals surface area contributed by atoms with Crippen LogP contribution in [0.25, 0.3) is 11.1 Å². The van der Waals surface area contributed by atoms with Crippen molar-refractivity contribution in [3.05, 3.63) is 82.9 Å². The molecule has 8 rings (SSSR count). The molecule has 1 saturated heterocycles. The Morgan fingerprint density at radius 1 is 0.864 bits per heavy atom. The molecule has 2 aliphatic heterocycles. The standard InChI is InChI=1S/C51H71BN6O8/c1-7-8-9-10-11-12-13-33-14-17-35(18-15-33)49(62)58(6)45-36-19-21-42(64-25-23-54)39(28-36)38-26-34(16-20-41(38)63-24-22-53)27-40(57-46(59)32(2)56-48(45)61)47(60)55-31-52-65-44-30-37-29-43(50(37,3)4)51(44,5)66-52/h14-21,26,28,32,37,40,43-45H,7-13,22-25,27,29-31,53-54H2,1-6H3,(H,55,60)(H,56,61)(H,57,59). The minimum absolute atomic E-state index is 0.0521. The van der Waals surface area contributed by atoms with Crippen LogP contribution in [0.1, 0.15) is 119 Å². The average Bonchev–Trinajstić information content (AvgIpc) is 3.66. The number of nitrogens with one attached hydrogen (secondary N) is 3. The number of ether oxygens (including phenoxy) is 2. The monoisotopic (exact) mass is 907 g/mol. The predicted molar refractivity (Wildman–Crippen MR) is 256 cm³/mol. The lowest BCUT2D eigenvalue weighted by molar-refractivity contribution is -0.199. The van der Waals surface area contributed by atoms with Crippen molar-refractivity contribution in [2.75, 3.05) is 39.8 Å². The number of fused-ring (bicyclic) bond motifs is 5. The molecule has 5 aliphatic rings. The fourth-order valence-electron chi connectivity index (χ4n) is 10.7. The van der Waals surface area contributed by atoms with E-state index in [2.05, 4.69) is 43.6 Å². The number of amides is 4. The van der Waals surface area contributed by atoms with E-state index in [1.807, 2.05) is 30.3 Å². The van der Waals surface area contributed by atoms with E-state index in [0.717, 1.165) is 37.7 Å². The minimum atomic E-state index is -1.19. The number of nitrogens with zero attached hydrogens (tertiary/aromatic N) is 1. The summed E-state index contributed by atoms with van der Waals surface area (Å²) in [5.74, 6) is -0.0710. The summed E-state index contributed by atoms with van der Waals surface area (Å²) in [7, 11) is 0.938. The highest BCUT2D eigenvalue weighted by Crippen LogP contribution is 2.65. The molecule has 7 N–H and O–H groups in total. The van der Waals surface area contributed by atoms with Crippen LogP contribution in [-0.4, -0.2) is 99.2 Å². The normalized spacial score (nSPS) is 25.4. The van der Waals surface area contributed by atoms with Crippen molar-refractivity contribution in [1.29, 1.82) is 0 Å². The topological polar surface area (TPSA) is 197 Å². The molecule has 66 heavy (non-hydrogen) atoms. The fraction of sp³-hybridized carbons (Fsp3) is 0.569. The molecule has 3 aliphatic carbocycles. The Morgan fingerprint density at radius 2 is 1.53 bits per heavy atom. The zero-order chi connectivity index (χ0) is 47.2. The van der Waals surface area contributed by atoms with Gasteiger partial charge in [0.1, 0.15) is 42.8 Å². The van der Waals surface area contributed by atoms with Gasteiger partial charge in [0.25, 0.3) is 5.91 Å². The van der Waals surface area contributed by atoms with Crippen LogP contribution < -0.4 is 36.9 Å². The number of likely N-dealkylation sites (N-methyl/N-ethyl adjacent to an activating group) is 1. The van der Waals surface area contributed by atoms with Crippen molar-refractivity contribution in [1.82, 2.24) is 20.9 Å². The maximum atomic E-state index is 14.6. The van der Waals surface area contributed by atoms with Gasteiger partial charge in [0.05, 0.1) is 18.1 Å². The molecule has 6 bridgehead atoms. The molecule has 14 nitrogen and oxygen atoms in total. The van der Waals surface area contributed by atoms with Gasteiger partial charge in [0.2, 0.25) is 17.7 Å². The number of carbonyl (C=O) groups excluding carboxylic acids is 4. The van der Waals surface area contributed by atoms with E-state index >= 15 is 0 Å². The molecule has 3 saturated carbocycles. The molecule has 4 fully saturated rings. The zero-order valence-electron chi connectivity index (χ0n) is 39.8. The number of rotatable bonds is 18. The van der Waals surface area contributed by atoms with Crippen LogP contribution >= 0.6 is 0 Å². The highest BCUT2D eigenvalue weighted by atomic mass is 16.7. The largest absolute Gasteiger partial charge is 0.492 e. The molecule has 0 radical (unpaired) electrons. The van der Waals surface area contributed by atoms with Gasteiger partial charge in [0, 0.05) is 43.2 Å². The van der Waals surface area contributed by atoms with Gasteiger partial charge in [-0.3, -0.25) is 19.2 Å². The molecule has 15 heteroatoms. The van der Waals surface area contributed by atoms with Crippen molar-refractivity contribution < 1.29 is 38.0 Å². The first kappa shape index (κ1) is 49.0. The first-order valence-corrected chi connectivity index (χ1v) is 24.2. The van der Waals surface area contributed by atoms with E-state index in [9.17, 15) is 19.2 Å². The van der Waals surface area contributed by atoms with E-state index in [1.54, 1.807) is 44.3 Å². The van der Waals surface area contributed by atoms with Gasteiger partial charge >= 0.3 is 7.12 Å². The smallest absolute Gasteiger partial charge is 0.478 e. The number of nitrogens with two attached hydrogens (primary N) is 2. The molecule has 3 aromatic rings. The van der Waals surface area contributed by atoms with Gasteiger partial charge < -0.3 is 51.1 Å². The molecule has 0 spiro atoms. The fourth-order valence-corrected chi connectivity index (χ4v) is 10.7. The molecule has 7 atom stereocenters. The van der Waals surface area contributed by atoms with Crippen LogP contribution in [0.3, 0.4) is 0 Å². The van der Waals surface area contributed by atoms with Gasteiger partial charge in [-0.1, -0.05) is 77.1 Å². The lowest BCUT2D eigenvalue weighted by atomic mass is 9.43. The maximum absolute atomic E-state index is 14.6. The zero-order valence-corrected chi connectivity index (χ0v) is 39.8. The van der Waals surface area contributed by atoms with Crippen LogP contribution in [0, 0.1) is 17.3 Å². The van der Waals surface area contributed by atoms with Crippen molar-refractivity contribution in [3.63, 3.8) is 0 Å². The van der Waals surface area contributed by atoms with Crippen molar-refractivity contribution in [2.45, 2.75) is 129 Å². The van der Waals surface area contributed by atoms with Crippen LogP contribution in [0.15, 0.2) is 60.7 Å². The lowest BCUT2D eigenvalue weighted by Gasteiger charge is -2.64. The van der Waals surface area contributed by atoms with Crippen LogP contribution in [0.5, 0.6) is 11.5 Å². The first-order chi connectivity index (χ1) is 31.7. The number of carbonyl (C=O) groups is 4. The second-order valence-corrected chi connectivity index (χ2v) is 19.5. The van der Waals surface area contributed by atoms with E-state index in [4.69, 9.17) is 30.2 Å². The van der Waals surface area contributed by atoms with E-state index < -0.39 is 48.6 Å². The molecular weight excluding hydrogens is 835 g/mol. The molecule has 7 unspecified atom stereocenters. The van der Waals surface area contributed by atoms with Crippen LogP contribution in [-0.2, 0) is 36.5 Å². The van der Waals surface area contributed by atoms with Crippen LogP contribution in [0.2, 0.25) is 0 Å². The summed E-state index contributed by atoms with van der Waals surface area (Å²) in [4.78, 5) is 58.6. The third-order valence-corrected chi connectivity index (χ3v) is 14.6. The highest BCUT2D eigenvalue weighted by Gasteiger charge is 2.67. The Bertz CT molecular complexity index is 2210. The molecule has 4 amide bonds. The third-order valence-electron chi connectivity index (χ3n) is 14.6. The van der Waals surface area contributed by atoms with Crippen LogP contribution in [0.4, 0.5) is 0 Å². The average molecular weight is 907 g/mol. The maximum Gasteiger partial charge on any atom is 0.478 e. The summed E-state index contributed by atoms with van der Waals surface area (Å²) in [6.45, 7) is 11.4. The van der Waals surface area contributed by atoms with Crippen molar-refractivity contribution in [2.24, 2.45) is 28.7 Å². The summed E-state index contributed by atoms with van der Waals surface area (Å²) >= 11 is 0. The number of aryl methyl sites for hydroxylation is 1. The summed E-state index contributed by atoms with van der Waals surface area (Å²) in [5, 5.41) is 8.77. The Hall–Kier alpha value is -4.96. The molecule has 356 valence electrons. The van der Waals surface area contributed by atoms with E-state index in [0.29, 0.717) is 51.2 Å². The Kier molecular flexibility index (Phi) is 15.8. The number of hydrogen-bond donors (Lipinski definition) is 5. The van der Waals surface area contributed by atoms with Gasteiger partial charge in [-0.2, -0.15) is 0 Å². The Labute approximate surface area is 391 Å². The Balaban J connectivity index is 1.18. The van der Waals surface area contributed by atoms with E-state index in [-0.39, 0.29) is 56.6 Å². The van der Waals surface area contributed by atoms with Crippen molar-refractivity contribution >= 4 is 30.7 Å². The third kappa shape index (κ3) is 10.6. The minimum Gasteiger partial charge on any atom is -0.492 e. The molecule has 2 heterocycles. The van der Waals surface area contributed by atoms with Gasteiger partial charge in [-0.05, 0) is 110 Å². The summed E-state index contributed by atoms with van der Waals surface area (Å²) in [5.41, 5.74) is 15.5. The van der Waals surface area contributed by atoms with Gasteiger partial charge in [0.15, 0.2) is 0 Å². The molecular formula is C51H71BN6O8. The molecule has 0 aromatic heterocycles. The van der Waals surface area contributed by atoms with Gasteiger partial charge in [-0.25, -0.2) is 0 Å². The summed E-state index contributed by atoms with van der Waals surface area (Å²) < 4.78 is 25.3. The second kappa shape index (κ2) is 21.3. The number of benzene rings is 3. The predicted octanol–water partition coefficient (Wildman–Crippen LogP) is 5.67. The molecule has 3 aromatic carbocycles. The lowest BCUT2D eigenvalue weighted by Crippen LogP contribution is -2.65. The van der Waals surface area contributed by atoms with E-state index in [1.165, 1.54) is 30.6 Å². The number of hydrogen-bond acceptors (Lipinski definition) is 10. The van der Waals surface area contributed by atoms with Crippen molar-refractivity contribution in [3.8, 4) is 22.6 Å². The Morgan fingerprint density at radius 3 is 2.21 bits per heavy atom. The first-order valence-electron chi connectivity index (χ1n) is 24.2. The summed E-state index contributed by atoms with van der Waals surface area (Å²) in [6.07, 6.45) is 10.3. The SMILES string of the molecule is CCCCCCCCc1ccc(C(=O)N(C)C2C(=O)NC(C)C(=O)NC(C(=O)NCB3OC4CC5CC(C5(C)C)C4(C)O3)Cc3ccc(OCCN)c(c3)-c3cc2ccc3OCCN)cc1. The second-order valence-electron chi connectivity index (χ2n) is 19.5. The highest BCUT2D eigenvalue weighted by molar-refractivity contribution is 6.46. The number of unbranched alkanes of at least 4 members (excludes halogenated alkanes) is 5. The quantitative estimate of drug-likeness (QED) is 0.0784.